The first-order chi connectivity index (χ1) is 10.8. The molecular weight excluding hydrogens is 293 g/mol. The summed E-state index contributed by atoms with van der Waals surface area (Å²) in [7, 11) is 1.60. The fourth-order valence-electron chi connectivity index (χ4n) is 2.53. The lowest BCUT2D eigenvalue weighted by molar-refractivity contribution is -0.114. The van der Waals surface area contributed by atoms with Gasteiger partial charge in [0.25, 0.3) is 0 Å². The van der Waals surface area contributed by atoms with Gasteiger partial charge in [-0.05, 0) is 72.9 Å². The second kappa shape index (κ2) is 6.65. The molecule has 0 fully saturated rings. The minimum absolute atomic E-state index is 0.354. The fourth-order valence-corrected chi connectivity index (χ4v) is 2.53. The molecule has 0 spiro atoms. The van der Waals surface area contributed by atoms with Crippen molar-refractivity contribution in [3.05, 3.63) is 58.9 Å². The van der Waals surface area contributed by atoms with Crippen molar-refractivity contribution < 1.29 is 13.9 Å². The Kier molecular flexibility index (Phi) is 4.84. The van der Waals surface area contributed by atoms with Gasteiger partial charge in [-0.3, -0.25) is 4.79 Å². The van der Waals surface area contributed by atoms with Gasteiger partial charge in [0.2, 0.25) is 5.91 Å². The SMILES string of the molecule is COc1ccc(-c2cc(F)cc(/C(C)=C(\C)C(N)=O)c2C)cc1. The number of hydrogen-bond acceptors (Lipinski definition) is 2. The predicted octanol–water partition coefficient (Wildman–Crippen LogP) is 4.09. The zero-order valence-electron chi connectivity index (χ0n) is 13.7. The number of carbonyl (C=O) groups is 1. The van der Waals surface area contributed by atoms with Crippen molar-refractivity contribution in [1.82, 2.24) is 0 Å². The number of ether oxygens (including phenoxy) is 1. The molecule has 0 heterocycles. The Morgan fingerprint density at radius 3 is 2.26 bits per heavy atom. The van der Waals surface area contributed by atoms with Crippen LogP contribution in [0.4, 0.5) is 4.39 Å². The van der Waals surface area contributed by atoms with Crippen molar-refractivity contribution in [2.24, 2.45) is 5.73 Å². The minimum atomic E-state index is -0.503. The van der Waals surface area contributed by atoms with E-state index in [0.29, 0.717) is 16.7 Å². The smallest absolute Gasteiger partial charge is 0.244 e. The minimum Gasteiger partial charge on any atom is -0.497 e. The molecular formula is C19H20FNO2. The largest absolute Gasteiger partial charge is 0.497 e. The Hall–Kier alpha value is -2.62. The molecule has 2 aromatic carbocycles. The number of carbonyl (C=O) groups excluding carboxylic acids is 1. The van der Waals surface area contributed by atoms with E-state index in [1.54, 1.807) is 21.0 Å². The van der Waals surface area contributed by atoms with E-state index in [1.807, 2.05) is 31.2 Å². The summed E-state index contributed by atoms with van der Waals surface area (Å²) in [5.74, 6) is -0.117. The summed E-state index contributed by atoms with van der Waals surface area (Å²) >= 11 is 0. The van der Waals surface area contributed by atoms with Gasteiger partial charge in [-0.15, -0.1) is 0 Å². The maximum atomic E-state index is 14.1. The van der Waals surface area contributed by atoms with E-state index in [9.17, 15) is 9.18 Å². The third-order valence-corrected chi connectivity index (χ3v) is 4.11. The van der Waals surface area contributed by atoms with E-state index < -0.39 is 5.91 Å². The molecule has 0 bridgehead atoms. The molecule has 2 N–H and O–H groups in total. The van der Waals surface area contributed by atoms with Gasteiger partial charge in [0.15, 0.2) is 0 Å². The van der Waals surface area contributed by atoms with E-state index >= 15 is 0 Å². The van der Waals surface area contributed by atoms with Gasteiger partial charge in [0.1, 0.15) is 11.6 Å². The summed E-state index contributed by atoms with van der Waals surface area (Å²) in [6, 6.07) is 10.3. The average Bonchev–Trinajstić information content (AvgIpc) is 2.55. The number of benzene rings is 2. The van der Waals surface area contributed by atoms with Gasteiger partial charge in [0.05, 0.1) is 7.11 Å². The number of methoxy groups -OCH3 is 1. The molecule has 1 amide bonds. The van der Waals surface area contributed by atoms with Gasteiger partial charge in [-0.1, -0.05) is 12.1 Å². The first-order valence-electron chi connectivity index (χ1n) is 7.27. The zero-order valence-corrected chi connectivity index (χ0v) is 13.7. The molecule has 0 saturated carbocycles. The molecule has 0 atom stereocenters. The van der Waals surface area contributed by atoms with Crippen LogP contribution in [0.15, 0.2) is 42.0 Å². The molecule has 3 nitrogen and oxygen atoms in total. The van der Waals surface area contributed by atoms with Crippen LogP contribution in [0.5, 0.6) is 5.75 Å². The maximum Gasteiger partial charge on any atom is 0.244 e. The van der Waals surface area contributed by atoms with Crippen molar-refractivity contribution in [1.29, 1.82) is 0 Å². The van der Waals surface area contributed by atoms with Crippen LogP contribution >= 0.6 is 0 Å². The van der Waals surface area contributed by atoms with Crippen LogP contribution in [0, 0.1) is 12.7 Å². The van der Waals surface area contributed by atoms with Gasteiger partial charge in [-0.25, -0.2) is 4.39 Å². The van der Waals surface area contributed by atoms with E-state index in [4.69, 9.17) is 10.5 Å². The third-order valence-electron chi connectivity index (χ3n) is 4.11. The van der Waals surface area contributed by atoms with Crippen molar-refractivity contribution in [3.8, 4) is 16.9 Å². The van der Waals surface area contributed by atoms with Crippen LogP contribution in [-0.4, -0.2) is 13.0 Å². The molecule has 0 aliphatic rings. The molecule has 0 aliphatic heterocycles. The topological polar surface area (TPSA) is 52.3 Å². The van der Waals surface area contributed by atoms with Crippen LogP contribution in [0.3, 0.4) is 0 Å². The molecule has 0 saturated heterocycles. The van der Waals surface area contributed by atoms with Gasteiger partial charge in [-0.2, -0.15) is 0 Å². The van der Waals surface area contributed by atoms with Crippen LogP contribution in [0.25, 0.3) is 16.7 Å². The number of primary amides is 1. The van der Waals surface area contributed by atoms with Crippen molar-refractivity contribution in [3.63, 3.8) is 0 Å². The third kappa shape index (κ3) is 3.42. The highest BCUT2D eigenvalue weighted by atomic mass is 19.1. The lowest BCUT2D eigenvalue weighted by atomic mass is 9.91. The molecule has 0 aromatic heterocycles. The second-order valence-electron chi connectivity index (χ2n) is 5.47. The Labute approximate surface area is 135 Å². The standard InChI is InChI=1S/C19H20FNO2/c1-11(12(2)19(21)22)17-9-15(20)10-18(13(17)3)14-5-7-16(23-4)8-6-14/h5-10H,1-4H3,(H2,21,22)/b12-11+. The van der Waals surface area contributed by atoms with E-state index in [-0.39, 0.29) is 5.82 Å². The number of hydrogen-bond donors (Lipinski definition) is 1. The van der Waals surface area contributed by atoms with Crippen LogP contribution in [0.1, 0.15) is 25.0 Å². The predicted molar refractivity (Wildman–Crippen MR) is 90.6 cm³/mol. The van der Waals surface area contributed by atoms with E-state index in [1.165, 1.54) is 12.1 Å². The summed E-state index contributed by atoms with van der Waals surface area (Å²) in [4.78, 5) is 11.4. The van der Waals surface area contributed by atoms with Gasteiger partial charge < -0.3 is 10.5 Å². The first kappa shape index (κ1) is 16.7. The average molecular weight is 313 g/mol. The monoisotopic (exact) mass is 313 g/mol. The lowest BCUT2D eigenvalue weighted by Gasteiger charge is -2.14. The zero-order chi connectivity index (χ0) is 17.1. The van der Waals surface area contributed by atoms with Crippen molar-refractivity contribution >= 4 is 11.5 Å². The number of allylic oxidation sites excluding steroid dienone is 1. The van der Waals surface area contributed by atoms with E-state index in [2.05, 4.69) is 0 Å². The summed E-state index contributed by atoms with van der Waals surface area (Å²) in [5.41, 5.74) is 9.70. The molecule has 4 heteroatoms. The number of rotatable bonds is 4. The van der Waals surface area contributed by atoms with Gasteiger partial charge in [0, 0.05) is 5.57 Å². The number of amides is 1. The highest BCUT2D eigenvalue weighted by Crippen LogP contribution is 2.32. The first-order valence-corrected chi connectivity index (χ1v) is 7.27. The molecule has 2 aromatic rings. The summed E-state index contributed by atoms with van der Waals surface area (Å²) in [6.07, 6.45) is 0. The van der Waals surface area contributed by atoms with Gasteiger partial charge >= 0.3 is 0 Å². The maximum absolute atomic E-state index is 14.1. The fraction of sp³-hybridized carbons (Fsp3) is 0.211. The molecule has 0 aliphatic carbocycles. The normalized spacial score (nSPS) is 11.9. The second-order valence-corrected chi connectivity index (χ2v) is 5.47. The Bertz CT molecular complexity index is 777. The number of nitrogens with two attached hydrogens (primary N) is 1. The molecule has 0 unspecified atom stereocenters. The molecule has 2 rings (SSSR count). The Morgan fingerprint density at radius 1 is 1.13 bits per heavy atom. The quantitative estimate of drug-likeness (QED) is 0.864. The highest BCUT2D eigenvalue weighted by Gasteiger charge is 2.14. The molecule has 23 heavy (non-hydrogen) atoms. The summed E-state index contributed by atoms with van der Waals surface area (Å²) in [6.45, 7) is 5.33. The lowest BCUT2D eigenvalue weighted by Crippen LogP contribution is -2.13. The molecule has 0 radical (unpaired) electrons. The van der Waals surface area contributed by atoms with Crippen LogP contribution < -0.4 is 10.5 Å². The Morgan fingerprint density at radius 2 is 1.74 bits per heavy atom. The van der Waals surface area contributed by atoms with Crippen molar-refractivity contribution in [2.45, 2.75) is 20.8 Å². The highest BCUT2D eigenvalue weighted by molar-refractivity contribution is 5.99. The summed E-state index contributed by atoms with van der Waals surface area (Å²) < 4.78 is 19.2. The van der Waals surface area contributed by atoms with Crippen LogP contribution in [0.2, 0.25) is 0 Å². The van der Waals surface area contributed by atoms with Crippen molar-refractivity contribution in [2.75, 3.05) is 7.11 Å². The Balaban J connectivity index is 2.63. The van der Waals surface area contributed by atoms with E-state index in [0.717, 1.165) is 22.4 Å². The summed E-state index contributed by atoms with van der Waals surface area (Å²) in [5, 5.41) is 0. The van der Waals surface area contributed by atoms with Crippen LogP contribution in [-0.2, 0) is 4.79 Å². The number of halogens is 1. The molecule has 120 valence electrons.